The maximum absolute atomic E-state index is 13.3. The maximum atomic E-state index is 13.3. The van der Waals surface area contributed by atoms with Gasteiger partial charge in [-0.05, 0) is 81.0 Å². The van der Waals surface area contributed by atoms with E-state index in [-0.39, 0.29) is 47.7 Å². The number of hydrogen-bond acceptors (Lipinski definition) is 7. The minimum atomic E-state index is -1.84. The minimum absolute atomic E-state index is 0.00946. The molecule has 7 heteroatoms. The van der Waals surface area contributed by atoms with Gasteiger partial charge in [0.25, 0.3) is 0 Å². The molecule has 3 heterocycles. The van der Waals surface area contributed by atoms with E-state index in [0.717, 1.165) is 44.9 Å². The van der Waals surface area contributed by atoms with Crippen LogP contribution in [0, 0.1) is 39.4 Å². The van der Waals surface area contributed by atoms with Gasteiger partial charge >= 0.3 is 5.97 Å². The van der Waals surface area contributed by atoms with Gasteiger partial charge in [0.2, 0.25) is 0 Å². The quantitative estimate of drug-likeness (QED) is 0.310. The van der Waals surface area contributed by atoms with Crippen LogP contribution in [0.4, 0.5) is 0 Å². The first-order valence-corrected chi connectivity index (χ1v) is 14.5. The molecule has 7 rings (SSSR count). The molecular weight excluding hydrogens is 472 g/mol. The van der Waals surface area contributed by atoms with Crippen molar-refractivity contribution in [3.63, 3.8) is 0 Å². The van der Waals surface area contributed by atoms with Gasteiger partial charge in [-0.1, -0.05) is 38.8 Å². The van der Waals surface area contributed by atoms with Crippen LogP contribution in [-0.2, 0) is 14.3 Å². The lowest BCUT2D eigenvalue weighted by Gasteiger charge is -2.63. The zero-order valence-corrected chi connectivity index (χ0v) is 23.2. The lowest BCUT2D eigenvalue weighted by molar-refractivity contribution is -0.298. The van der Waals surface area contributed by atoms with Gasteiger partial charge in [0.15, 0.2) is 5.79 Å². The highest BCUT2D eigenvalue weighted by Crippen LogP contribution is 2.76. The molecule has 0 radical (unpaired) electrons. The van der Waals surface area contributed by atoms with Crippen LogP contribution in [0.1, 0.15) is 92.4 Å². The summed E-state index contributed by atoms with van der Waals surface area (Å²) in [5.74, 6) is -3.48. The SMILES string of the molecule is C[C@@H]1C[C@]2(O)O[C@@]13CC[C@]1(C)C4=C(CC[C@]31C)[C@@]1(C)CC[C@H](O)[C@@](CO)(COC(=O)[C@H](C)[C@@H]2O)[C@@H]1CC4. The normalized spacial score (nSPS) is 57.3. The Balaban J connectivity index is 1.57. The Bertz CT molecular complexity index is 1040. The Morgan fingerprint density at radius 1 is 0.973 bits per heavy atom. The second-order valence-electron chi connectivity index (χ2n) is 14.4. The minimum Gasteiger partial charge on any atom is -0.465 e. The second-order valence-corrected chi connectivity index (χ2v) is 14.4. The van der Waals surface area contributed by atoms with Crippen LogP contribution in [0.3, 0.4) is 0 Å². The Kier molecular flexibility index (Phi) is 5.54. The predicted molar refractivity (Wildman–Crippen MR) is 136 cm³/mol. The molecular formula is C30H46O7. The summed E-state index contributed by atoms with van der Waals surface area (Å²) in [6, 6.07) is 0. The van der Waals surface area contributed by atoms with E-state index in [1.807, 2.05) is 0 Å². The van der Waals surface area contributed by atoms with Gasteiger partial charge in [-0.25, -0.2) is 0 Å². The number of rotatable bonds is 1. The highest BCUT2D eigenvalue weighted by Gasteiger charge is 2.74. The van der Waals surface area contributed by atoms with Gasteiger partial charge < -0.3 is 29.9 Å². The van der Waals surface area contributed by atoms with Crippen molar-refractivity contribution in [1.82, 2.24) is 0 Å². The standard InChI is InChI=1S/C30H46O7/c1-17-14-30(35)23(33)18(2)24(34)36-16-28(15-31)21-7-6-20-19(25(21,3)10-9-22(28)32)8-11-27(5)26(20,4)12-13-29(17,27)37-30/h17-18,21-23,31-33,35H,6-16H2,1-5H3/t17-,18-,21-,22+,23+,25-,26-,27+,28+,29+,30+/m1/s1. The van der Waals surface area contributed by atoms with Crippen molar-refractivity contribution < 1.29 is 34.7 Å². The number of ether oxygens (including phenoxy) is 2. The molecule has 3 aliphatic heterocycles. The first kappa shape index (κ1) is 26.2. The topological polar surface area (TPSA) is 116 Å². The van der Waals surface area contributed by atoms with Gasteiger partial charge in [-0.15, -0.1) is 0 Å². The van der Waals surface area contributed by atoms with Gasteiger partial charge in [-0.3, -0.25) is 4.79 Å². The molecule has 0 aromatic heterocycles. The molecule has 37 heavy (non-hydrogen) atoms. The zero-order valence-electron chi connectivity index (χ0n) is 23.2. The Morgan fingerprint density at radius 3 is 2.41 bits per heavy atom. The molecule has 4 N–H and O–H groups in total. The molecule has 1 spiro atoms. The summed E-state index contributed by atoms with van der Waals surface area (Å²) < 4.78 is 12.5. The van der Waals surface area contributed by atoms with Crippen LogP contribution in [0.15, 0.2) is 11.1 Å². The molecule has 3 saturated heterocycles. The molecule has 7 aliphatic rings. The van der Waals surface area contributed by atoms with Gasteiger partial charge in [-0.2, -0.15) is 0 Å². The van der Waals surface area contributed by atoms with Crippen molar-refractivity contribution in [2.75, 3.05) is 13.2 Å². The summed E-state index contributed by atoms with van der Waals surface area (Å²) in [5, 5.41) is 45.2. The molecule has 0 amide bonds. The predicted octanol–water partition coefficient (Wildman–Crippen LogP) is 3.47. The third-order valence-electron chi connectivity index (χ3n) is 13.3. The van der Waals surface area contributed by atoms with Gasteiger partial charge in [0.1, 0.15) is 12.7 Å². The number of carbonyl (C=O) groups excluding carboxylic acids is 1. The first-order valence-electron chi connectivity index (χ1n) is 14.5. The van der Waals surface area contributed by atoms with Gasteiger partial charge in [0, 0.05) is 11.8 Å². The summed E-state index contributed by atoms with van der Waals surface area (Å²) in [4.78, 5) is 13.3. The van der Waals surface area contributed by atoms with Crippen molar-refractivity contribution in [2.45, 2.75) is 116 Å². The average molecular weight is 519 g/mol. The molecule has 0 aromatic rings. The summed E-state index contributed by atoms with van der Waals surface area (Å²) in [7, 11) is 0. The van der Waals surface area contributed by atoms with Crippen LogP contribution in [0.2, 0.25) is 0 Å². The van der Waals surface area contributed by atoms with Gasteiger partial charge in [0.05, 0.1) is 29.6 Å². The molecule has 5 fully saturated rings. The van der Waals surface area contributed by atoms with E-state index < -0.39 is 40.9 Å². The van der Waals surface area contributed by atoms with E-state index in [0.29, 0.717) is 6.42 Å². The number of allylic oxidation sites excluding steroid dienone is 2. The second kappa shape index (κ2) is 7.81. The summed E-state index contributed by atoms with van der Waals surface area (Å²) in [6.45, 7) is 10.4. The van der Waals surface area contributed by atoms with E-state index in [9.17, 15) is 25.2 Å². The maximum Gasteiger partial charge on any atom is 0.311 e. The lowest BCUT2D eigenvalue weighted by atomic mass is 9.42. The van der Waals surface area contributed by atoms with Crippen LogP contribution >= 0.6 is 0 Å². The van der Waals surface area contributed by atoms with E-state index in [4.69, 9.17) is 9.47 Å². The Labute approximate surface area is 220 Å². The largest absolute Gasteiger partial charge is 0.465 e. The number of fused-ring (bicyclic) bond motifs is 6. The monoisotopic (exact) mass is 518 g/mol. The average Bonchev–Trinajstić information content (AvgIpc) is 3.27. The number of carbonyl (C=O) groups is 1. The number of aliphatic hydroxyl groups excluding tert-OH is 3. The van der Waals surface area contributed by atoms with Crippen molar-refractivity contribution in [3.8, 4) is 0 Å². The van der Waals surface area contributed by atoms with E-state index in [1.165, 1.54) is 11.1 Å². The number of hydrogen-bond donors (Lipinski definition) is 4. The fourth-order valence-corrected chi connectivity index (χ4v) is 10.9. The van der Waals surface area contributed by atoms with Crippen molar-refractivity contribution in [1.29, 1.82) is 0 Å². The van der Waals surface area contributed by atoms with Crippen LogP contribution in [-0.4, -0.2) is 63.2 Å². The summed E-state index contributed by atoms with van der Waals surface area (Å²) in [6.07, 6.45) is 4.83. The molecule has 2 saturated carbocycles. The smallest absolute Gasteiger partial charge is 0.311 e. The first-order chi connectivity index (χ1) is 17.2. The molecule has 0 aromatic carbocycles. The van der Waals surface area contributed by atoms with Crippen LogP contribution in [0.5, 0.6) is 0 Å². The van der Waals surface area contributed by atoms with Crippen LogP contribution < -0.4 is 0 Å². The zero-order chi connectivity index (χ0) is 26.8. The Hall–Kier alpha value is -0.990. The number of esters is 1. The summed E-state index contributed by atoms with van der Waals surface area (Å²) in [5.41, 5.74) is 0.956. The van der Waals surface area contributed by atoms with Crippen LogP contribution in [0.25, 0.3) is 0 Å². The van der Waals surface area contributed by atoms with E-state index >= 15 is 0 Å². The lowest BCUT2D eigenvalue weighted by Crippen LogP contribution is -2.61. The highest BCUT2D eigenvalue weighted by molar-refractivity contribution is 5.73. The fraction of sp³-hybridized carbons (Fsp3) is 0.900. The van der Waals surface area contributed by atoms with Crippen molar-refractivity contribution in [3.05, 3.63) is 11.1 Å². The molecule has 208 valence electrons. The molecule has 4 aliphatic carbocycles. The molecule has 11 atom stereocenters. The third kappa shape index (κ3) is 2.88. The molecule has 9 bridgehead atoms. The Morgan fingerprint density at radius 2 is 1.70 bits per heavy atom. The molecule has 7 nitrogen and oxygen atoms in total. The number of aliphatic hydroxyl groups is 4. The highest BCUT2D eigenvalue weighted by atomic mass is 16.7. The third-order valence-corrected chi connectivity index (χ3v) is 13.3. The van der Waals surface area contributed by atoms with E-state index in [1.54, 1.807) is 6.92 Å². The summed E-state index contributed by atoms with van der Waals surface area (Å²) >= 11 is 0. The fourth-order valence-electron chi connectivity index (χ4n) is 10.9. The molecule has 0 unspecified atom stereocenters. The van der Waals surface area contributed by atoms with Crippen molar-refractivity contribution in [2.24, 2.45) is 39.4 Å². The van der Waals surface area contributed by atoms with Crippen molar-refractivity contribution >= 4 is 5.97 Å². The van der Waals surface area contributed by atoms with E-state index in [2.05, 4.69) is 27.7 Å².